The van der Waals surface area contributed by atoms with Gasteiger partial charge < -0.3 is 5.73 Å². The molecule has 84 valence electrons. The molecule has 0 radical (unpaired) electrons. The summed E-state index contributed by atoms with van der Waals surface area (Å²) in [6, 6.07) is 6.18. The highest BCUT2D eigenvalue weighted by Gasteiger charge is 2.11. The van der Waals surface area contributed by atoms with Crippen LogP contribution in [0.15, 0.2) is 18.2 Å². The van der Waals surface area contributed by atoms with Crippen LogP contribution in [-0.4, -0.2) is 0 Å². The van der Waals surface area contributed by atoms with E-state index in [1.807, 2.05) is 12.1 Å². The Morgan fingerprint density at radius 3 is 2.67 bits per heavy atom. The molecule has 0 aromatic heterocycles. The minimum absolute atomic E-state index is 0.106. The molecule has 0 saturated heterocycles. The molecule has 3 heteroatoms. The van der Waals surface area contributed by atoms with Crippen molar-refractivity contribution in [1.29, 1.82) is 0 Å². The second kappa shape index (κ2) is 6.06. The van der Waals surface area contributed by atoms with Crippen LogP contribution >= 0.6 is 34.2 Å². The zero-order chi connectivity index (χ0) is 11.4. The predicted molar refractivity (Wildman–Crippen MR) is 75.2 cm³/mol. The summed E-state index contributed by atoms with van der Waals surface area (Å²) >= 11 is 8.29. The maximum absolute atomic E-state index is 6.13. The lowest BCUT2D eigenvalue weighted by atomic mass is 9.95. The van der Waals surface area contributed by atoms with Gasteiger partial charge in [0.25, 0.3) is 0 Å². The maximum atomic E-state index is 6.13. The van der Waals surface area contributed by atoms with Gasteiger partial charge in [-0.25, -0.2) is 0 Å². The van der Waals surface area contributed by atoms with Gasteiger partial charge in [-0.15, -0.1) is 0 Å². The summed E-state index contributed by atoms with van der Waals surface area (Å²) in [6.45, 7) is 4.42. The fraction of sp³-hybridized carbons (Fsp3) is 0.500. The van der Waals surface area contributed by atoms with Crippen molar-refractivity contribution in [1.82, 2.24) is 0 Å². The van der Waals surface area contributed by atoms with Gasteiger partial charge in [-0.2, -0.15) is 0 Å². The summed E-state index contributed by atoms with van der Waals surface area (Å²) in [5, 5.41) is 0.799. The molecule has 2 N–H and O–H groups in total. The molecule has 0 spiro atoms. The molecular formula is C12H17ClIN. The Bertz CT molecular complexity index is 327. The average molecular weight is 338 g/mol. The Morgan fingerprint density at radius 1 is 1.47 bits per heavy atom. The van der Waals surface area contributed by atoms with Crippen molar-refractivity contribution in [3.8, 4) is 0 Å². The van der Waals surface area contributed by atoms with E-state index in [1.165, 1.54) is 6.42 Å². The highest BCUT2D eigenvalue weighted by Crippen LogP contribution is 2.26. The van der Waals surface area contributed by atoms with Crippen LogP contribution in [-0.2, 0) is 0 Å². The molecule has 1 aromatic rings. The molecule has 2 atom stereocenters. The number of hydrogen-bond donors (Lipinski definition) is 1. The van der Waals surface area contributed by atoms with E-state index in [9.17, 15) is 0 Å². The molecule has 0 bridgehead atoms. The lowest BCUT2D eigenvalue weighted by Crippen LogP contribution is -2.13. The van der Waals surface area contributed by atoms with Gasteiger partial charge in [0.15, 0.2) is 0 Å². The van der Waals surface area contributed by atoms with E-state index in [2.05, 4.69) is 42.5 Å². The standard InChI is InChI=1S/C12H17ClIN/c1-3-8(2)6-12(15)9-4-5-11(14)10(13)7-9/h4-5,7-8,12H,3,6,15H2,1-2H3. The summed E-state index contributed by atoms with van der Waals surface area (Å²) < 4.78 is 1.08. The van der Waals surface area contributed by atoms with Gasteiger partial charge in [-0.3, -0.25) is 0 Å². The molecule has 1 aromatic carbocycles. The summed E-state index contributed by atoms with van der Waals surface area (Å²) in [5.41, 5.74) is 7.27. The van der Waals surface area contributed by atoms with Gasteiger partial charge >= 0.3 is 0 Å². The van der Waals surface area contributed by atoms with Crippen molar-refractivity contribution >= 4 is 34.2 Å². The first-order chi connectivity index (χ1) is 7.04. The normalized spacial score (nSPS) is 15.0. The van der Waals surface area contributed by atoms with E-state index in [1.54, 1.807) is 0 Å². The van der Waals surface area contributed by atoms with E-state index in [0.717, 1.165) is 20.6 Å². The van der Waals surface area contributed by atoms with Crippen LogP contribution in [0.1, 0.15) is 38.3 Å². The first-order valence-electron chi connectivity index (χ1n) is 5.25. The molecule has 1 nitrogen and oxygen atoms in total. The smallest absolute Gasteiger partial charge is 0.0542 e. The fourth-order valence-electron chi connectivity index (χ4n) is 1.48. The van der Waals surface area contributed by atoms with E-state index in [4.69, 9.17) is 17.3 Å². The Balaban J connectivity index is 2.73. The van der Waals surface area contributed by atoms with Gasteiger partial charge in [0.2, 0.25) is 0 Å². The Morgan fingerprint density at radius 2 is 2.13 bits per heavy atom. The third-order valence-electron chi connectivity index (χ3n) is 2.73. The van der Waals surface area contributed by atoms with Crippen LogP contribution in [0.4, 0.5) is 0 Å². The van der Waals surface area contributed by atoms with Gasteiger partial charge in [-0.05, 0) is 52.6 Å². The number of hydrogen-bond acceptors (Lipinski definition) is 1. The van der Waals surface area contributed by atoms with Gasteiger partial charge in [-0.1, -0.05) is 37.9 Å². The summed E-state index contributed by atoms with van der Waals surface area (Å²) in [6.07, 6.45) is 2.19. The largest absolute Gasteiger partial charge is 0.324 e. The van der Waals surface area contributed by atoms with Crippen LogP contribution in [0, 0.1) is 9.49 Å². The minimum Gasteiger partial charge on any atom is -0.324 e. The quantitative estimate of drug-likeness (QED) is 0.811. The van der Waals surface area contributed by atoms with Gasteiger partial charge in [0.05, 0.1) is 5.02 Å². The van der Waals surface area contributed by atoms with Crippen molar-refractivity contribution in [2.45, 2.75) is 32.7 Å². The first-order valence-corrected chi connectivity index (χ1v) is 6.70. The third kappa shape index (κ3) is 3.93. The Labute approximate surface area is 111 Å². The topological polar surface area (TPSA) is 26.0 Å². The fourth-order valence-corrected chi connectivity index (χ4v) is 2.00. The van der Waals surface area contributed by atoms with E-state index in [-0.39, 0.29) is 6.04 Å². The number of rotatable bonds is 4. The van der Waals surface area contributed by atoms with Crippen LogP contribution in [0.3, 0.4) is 0 Å². The van der Waals surface area contributed by atoms with Crippen molar-refractivity contribution < 1.29 is 0 Å². The second-order valence-corrected chi connectivity index (χ2v) is 5.60. The lowest BCUT2D eigenvalue weighted by Gasteiger charge is -2.16. The van der Waals surface area contributed by atoms with Crippen molar-refractivity contribution in [3.63, 3.8) is 0 Å². The number of nitrogens with two attached hydrogens (primary N) is 1. The summed E-state index contributed by atoms with van der Waals surface area (Å²) in [5.74, 6) is 0.665. The van der Waals surface area contributed by atoms with E-state index >= 15 is 0 Å². The molecule has 0 amide bonds. The highest BCUT2D eigenvalue weighted by atomic mass is 127. The number of benzene rings is 1. The van der Waals surface area contributed by atoms with Gasteiger partial charge in [0.1, 0.15) is 0 Å². The van der Waals surface area contributed by atoms with E-state index in [0.29, 0.717) is 5.92 Å². The van der Waals surface area contributed by atoms with Crippen molar-refractivity contribution in [3.05, 3.63) is 32.4 Å². The van der Waals surface area contributed by atoms with Crippen LogP contribution < -0.4 is 5.73 Å². The highest BCUT2D eigenvalue weighted by molar-refractivity contribution is 14.1. The summed E-state index contributed by atoms with van der Waals surface area (Å²) in [4.78, 5) is 0. The SMILES string of the molecule is CCC(C)CC(N)c1ccc(I)c(Cl)c1. The zero-order valence-corrected chi connectivity index (χ0v) is 12.0. The molecule has 0 aliphatic carbocycles. The Kier molecular flexibility index (Phi) is 5.36. The summed E-state index contributed by atoms with van der Waals surface area (Å²) in [7, 11) is 0. The number of halogens is 2. The molecule has 15 heavy (non-hydrogen) atoms. The second-order valence-electron chi connectivity index (χ2n) is 4.03. The minimum atomic E-state index is 0.106. The molecule has 0 aliphatic heterocycles. The molecule has 2 unspecified atom stereocenters. The van der Waals surface area contributed by atoms with Crippen molar-refractivity contribution in [2.24, 2.45) is 11.7 Å². The molecule has 0 heterocycles. The maximum Gasteiger partial charge on any atom is 0.0542 e. The Hall–Kier alpha value is 0.200. The van der Waals surface area contributed by atoms with Crippen LogP contribution in [0.25, 0.3) is 0 Å². The van der Waals surface area contributed by atoms with Gasteiger partial charge in [0, 0.05) is 9.61 Å². The predicted octanol–water partition coefficient (Wildman–Crippen LogP) is 4.38. The lowest BCUT2D eigenvalue weighted by molar-refractivity contribution is 0.461. The van der Waals surface area contributed by atoms with E-state index < -0.39 is 0 Å². The van der Waals surface area contributed by atoms with Crippen molar-refractivity contribution in [2.75, 3.05) is 0 Å². The van der Waals surface area contributed by atoms with Crippen LogP contribution in [0.5, 0.6) is 0 Å². The third-order valence-corrected chi connectivity index (χ3v) is 4.30. The molecular weight excluding hydrogens is 320 g/mol. The average Bonchev–Trinajstić information content (AvgIpc) is 2.21. The molecule has 1 rings (SSSR count). The monoisotopic (exact) mass is 337 g/mol. The molecule has 0 saturated carbocycles. The van der Waals surface area contributed by atoms with Crippen LogP contribution in [0.2, 0.25) is 5.02 Å². The molecule has 0 aliphatic rings. The first kappa shape index (κ1) is 13.3. The zero-order valence-electron chi connectivity index (χ0n) is 9.13. The molecule has 0 fully saturated rings.